The molecule has 0 aromatic heterocycles. The fraction of sp³-hybridized carbons (Fsp3) is 0.174. The maximum atomic E-state index is 12.2. The summed E-state index contributed by atoms with van der Waals surface area (Å²) in [7, 11) is 3.79. The topological polar surface area (TPSA) is 92.3 Å². The normalized spacial score (nSPS) is 15.7. The van der Waals surface area contributed by atoms with Gasteiger partial charge < -0.3 is 15.4 Å². The second kappa shape index (κ2) is 8.24. The van der Waals surface area contributed by atoms with E-state index in [1.165, 1.54) is 0 Å². The first-order valence-electron chi connectivity index (χ1n) is 9.60. The molecular formula is C23H23N5O2. The molecule has 3 N–H and O–H groups in total. The van der Waals surface area contributed by atoms with Gasteiger partial charge >= 0.3 is 0 Å². The SMILES string of the molecule is CN(C)C1=NC(c2ccc3cc(OCC(=O)c4ccccc4)ccc3c2)N=C(N)N1. The van der Waals surface area contributed by atoms with Crippen LogP contribution in [0.25, 0.3) is 10.8 Å². The van der Waals surface area contributed by atoms with Crippen molar-refractivity contribution in [2.75, 3.05) is 20.7 Å². The number of aliphatic imine (C=N–C) groups is 2. The van der Waals surface area contributed by atoms with Gasteiger partial charge in [0.25, 0.3) is 0 Å². The molecule has 0 radical (unpaired) electrons. The third kappa shape index (κ3) is 4.25. The lowest BCUT2D eigenvalue weighted by atomic mass is 10.1. The van der Waals surface area contributed by atoms with E-state index in [2.05, 4.69) is 15.3 Å². The summed E-state index contributed by atoms with van der Waals surface area (Å²) in [6.07, 6.45) is -0.396. The standard InChI is InChI=1S/C23H23N5O2/c1-28(2)23-26-21(25-22(24)27-23)18-9-8-17-13-19(11-10-16(17)12-18)30-14-20(29)15-6-4-3-5-7-15/h3-13,21H,14H2,1-2H3,(H3,24,25,26,27). The molecule has 0 aliphatic carbocycles. The molecule has 3 aromatic carbocycles. The average Bonchev–Trinajstić information content (AvgIpc) is 2.77. The zero-order chi connectivity index (χ0) is 21.1. The van der Waals surface area contributed by atoms with E-state index in [0.29, 0.717) is 23.2 Å². The maximum Gasteiger partial charge on any atom is 0.202 e. The molecule has 1 aliphatic rings. The van der Waals surface area contributed by atoms with Gasteiger partial charge in [0.1, 0.15) is 5.75 Å². The molecular weight excluding hydrogens is 378 g/mol. The van der Waals surface area contributed by atoms with Crippen molar-refractivity contribution in [2.24, 2.45) is 15.7 Å². The third-order valence-electron chi connectivity index (χ3n) is 4.77. The third-order valence-corrected chi connectivity index (χ3v) is 4.77. The summed E-state index contributed by atoms with van der Waals surface area (Å²) in [5.74, 6) is 1.60. The first-order valence-corrected chi connectivity index (χ1v) is 9.60. The van der Waals surface area contributed by atoms with Crippen molar-refractivity contribution < 1.29 is 9.53 Å². The molecule has 1 unspecified atom stereocenters. The molecule has 4 rings (SSSR count). The second-order valence-corrected chi connectivity index (χ2v) is 7.21. The molecule has 0 amide bonds. The molecule has 7 heteroatoms. The Bertz CT molecular complexity index is 1140. The van der Waals surface area contributed by atoms with Gasteiger partial charge in [-0.05, 0) is 34.5 Å². The van der Waals surface area contributed by atoms with E-state index in [1.807, 2.05) is 73.6 Å². The average molecular weight is 401 g/mol. The van der Waals surface area contributed by atoms with Crippen molar-refractivity contribution in [1.82, 2.24) is 10.2 Å². The van der Waals surface area contributed by atoms with E-state index in [1.54, 1.807) is 12.1 Å². The number of nitrogens with zero attached hydrogens (tertiary/aromatic N) is 3. The molecule has 152 valence electrons. The predicted molar refractivity (Wildman–Crippen MR) is 119 cm³/mol. The number of nitrogens with two attached hydrogens (primary N) is 1. The fourth-order valence-corrected chi connectivity index (χ4v) is 3.18. The predicted octanol–water partition coefficient (Wildman–Crippen LogP) is 2.94. The van der Waals surface area contributed by atoms with Gasteiger partial charge in [-0.25, -0.2) is 9.98 Å². The summed E-state index contributed by atoms with van der Waals surface area (Å²) in [5.41, 5.74) is 7.50. The molecule has 0 saturated heterocycles. The van der Waals surface area contributed by atoms with Crippen molar-refractivity contribution >= 4 is 28.5 Å². The van der Waals surface area contributed by atoms with Crippen molar-refractivity contribution in [3.05, 3.63) is 77.9 Å². The van der Waals surface area contributed by atoms with Crippen LogP contribution in [0.3, 0.4) is 0 Å². The van der Waals surface area contributed by atoms with Crippen molar-refractivity contribution in [1.29, 1.82) is 0 Å². The Morgan fingerprint density at radius 2 is 1.77 bits per heavy atom. The molecule has 0 bridgehead atoms. The van der Waals surface area contributed by atoms with Crippen molar-refractivity contribution in [2.45, 2.75) is 6.17 Å². The molecule has 0 spiro atoms. The van der Waals surface area contributed by atoms with E-state index >= 15 is 0 Å². The Labute approximate surface area is 174 Å². The van der Waals surface area contributed by atoms with Gasteiger partial charge in [0.15, 0.2) is 24.5 Å². The lowest BCUT2D eigenvalue weighted by molar-refractivity contribution is 0.0921. The van der Waals surface area contributed by atoms with Crippen LogP contribution in [-0.4, -0.2) is 43.3 Å². The number of ketones is 1. The molecule has 3 aromatic rings. The number of Topliss-reactive ketones (excluding diaryl/α,β-unsaturated/α-hetero) is 1. The zero-order valence-electron chi connectivity index (χ0n) is 16.9. The van der Waals surface area contributed by atoms with E-state index in [-0.39, 0.29) is 12.4 Å². The van der Waals surface area contributed by atoms with Gasteiger partial charge in [-0.3, -0.25) is 10.1 Å². The highest BCUT2D eigenvalue weighted by molar-refractivity contribution is 5.99. The molecule has 0 fully saturated rings. The Balaban J connectivity index is 1.51. The number of rotatable bonds is 5. The largest absolute Gasteiger partial charge is 0.485 e. The van der Waals surface area contributed by atoms with Crippen LogP contribution in [0.5, 0.6) is 5.75 Å². The zero-order valence-corrected chi connectivity index (χ0v) is 16.9. The van der Waals surface area contributed by atoms with Crippen LogP contribution < -0.4 is 15.8 Å². The van der Waals surface area contributed by atoms with Crippen LogP contribution in [0.2, 0.25) is 0 Å². The second-order valence-electron chi connectivity index (χ2n) is 7.21. The first kappa shape index (κ1) is 19.4. The summed E-state index contributed by atoms with van der Waals surface area (Å²) >= 11 is 0. The number of nitrogens with one attached hydrogen (secondary N) is 1. The highest BCUT2D eigenvalue weighted by Crippen LogP contribution is 2.27. The Hall–Kier alpha value is -3.87. The maximum absolute atomic E-state index is 12.2. The lowest BCUT2D eigenvalue weighted by Gasteiger charge is -2.23. The summed E-state index contributed by atoms with van der Waals surface area (Å²) in [5, 5.41) is 4.99. The van der Waals surface area contributed by atoms with Crippen LogP contribution in [-0.2, 0) is 0 Å². The Kier molecular flexibility index (Phi) is 5.34. The fourth-order valence-electron chi connectivity index (χ4n) is 3.18. The van der Waals surface area contributed by atoms with Gasteiger partial charge in [-0.15, -0.1) is 0 Å². The van der Waals surface area contributed by atoms with Crippen molar-refractivity contribution in [3.63, 3.8) is 0 Å². The first-order chi connectivity index (χ1) is 14.5. The quantitative estimate of drug-likeness (QED) is 0.642. The lowest BCUT2D eigenvalue weighted by Crippen LogP contribution is -2.46. The molecule has 30 heavy (non-hydrogen) atoms. The van der Waals surface area contributed by atoms with Crippen LogP contribution in [0, 0.1) is 0 Å². The number of benzene rings is 3. The van der Waals surface area contributed by atoms with Crippen LogP contribution in [0.4, 0.5) is 0 Å². The van der Waals surface area contributed by atoms with E-state index in [4.69, 9.17) is 10.5 Å². The monoisotopic (exact) mass is 401 g/mol. The number of ether oxygens (including phenoxy) is 1. The van der Waals surface area contributed by atoms with Gasteiger partial charge in [-0.2, -0.15) is 0 Å². The molecule has 1 heterocycles. The number of carbonyl (C=O) groups is 1. The summed E-state index contributed by atoms with van der Waals surface area (Å²) in [6.45, 7) is -0.00129. The van der Waals surface area contributed by atoms with E-state index in [0.717, 1.165) is 16.3 Å². The number of guanidine groups is 2. The smallest absolute Gasteiger partial charge is 0.202 e. The Morgan fingerprint density at radius 1 is 1.03 bits per heavy atom. The highest BCUT2D eigenvalue weighted by Gasteiger charge is 2.18. The minimum Gasteiger partial charge on any atom is -0.485 e. The molecule has 0 saturated carbocycles. The molecule has 1 aliphatic heterocycles. The number of carbonyl (C=O) groups excluding carboxylic acids is 1. The summed E-state index contributed by atoms with van der Waals surface area (Å²) in [4.78, 5) is 23.1. The van der Waals surface area contributed by atoms with Crippen LogP contribution in [0.1, 0.15) is 22.1 Å². The minimum absolute atomic E-state index is 0.00129. The minimum atomic E-state index is -0.396. The van der Waals surface area contributed by atoms with E-state index < -0.39 is 6.17 Å². The summed E-state index contributed by atoms with van der Waals surface area (Å²) < 4.78 is 5.71. The summed E-state index contributed by atoms with van der Waals surface area (Å²) in [6, 6.07) is 20.9. The van der Waals surface area contributed by atoms with Gasteiger partial charge in [0.2, 0.25) is 5.96 Å². The number of fused-ring (bicyclic) bond motifs is 1. The number of hydrogen-bond donors (Lipinski definition) is 2. The van der Waals surface area contributed by atoms with Crippen molar-refractivity contribution in [3.8, 4) is 5.75 Å². The molecule has 7 nitrogen and oxygen atoms in total. The molecule has 1 atom stereocenters. The highest BCUT2D eigenvalue weighted by atomic mass is 16.5. The van der Waals surface area contributed by atoms with Gasteiger partial charge in [0, 0.05) is 19.7 Å². The van der Waals surface area contributed by atoms with Gasteiger partial charge in [0.05, 0.1) is 0 Å². The van der Waals surface area contributed by atoms with Crippen LogP contribution in [0.15, 0.2) is 76.7 Å². The van der Waals surface area contributed by atoms with Crippen LogP contribution >= 0.6 is 0 Å². The van der Waals surface area contributed by atoms with Gasteiger partial charge in [-0.1, -0.05) is 48.5 Å². The Morgan fingerprint density at radius 3 is 2.53 bits per heavy atom. The van der Waals surface area contributed by atoms with E-state index in [9.17, 15) is 4.79 Å². The number of hydrogen-bond acceptors (Lipinski definition) is 7.